The van der Waals surface area contributed by atoms with Crippen molar-refractivity contribution in [1.29, 1.82) is 0 Å². The Balaban J connectivity index is 2.13. The number of aromatic nitrogens is 4. The maximum atomic E-state index is 4.95. The van der Waals surface area contributed by atoms with Crippen LogP contribution in [0.15, 0.2) is 30.5 Å². The molecule has 0 aliphatic rings. The summed E-state index contributed by atoms with van der Waals surface area (Å²) in [6, 6.07) is 8.47. The Hall–Kier alpha value is -2.43. The minimum Gasteiger partial charge on any atom is -0.466 e. The Morgan fingerprint density at radius 3 is 2.94 bits per heavy atom. The first-order valence-corrected chi connectivity index (χ1v) is 5.60. The van der Waals surface area contributed by atoms with E-state index in [1.165, 1.54) is 7.11 Å². The molecule has 0 fully saturated rings. The molecule has 0 bridgehead atoms. The van der Waals surface area contributed by atoms with Crippen LogP contribution in [-0.2, 0) is 0 Å². The number of pyridine rings is 1. The summed E-state index contributed by atoms with van der Waals surface area (Å²) in [6.07, 6.45) is 1.79. The largest absolute Gasteiger partial charge is 0.466 e. The van der Waals surface area contributed by atoms with Crippen LogP contribution in [-0.4, -0.2) is 27.3 Å². The molecule has 0 aliphatic heterocycles. The standard InChI is InChI=1S/C13H12N4O/c1-8-4-3-5-9-6-10(7-14-11(8)9)12-15-13(18-2)17-16-12/h3-7H,1-2H3,(H,15,16,17). The monoisotopic (exact) mass is 240 g/mol. The smallest absolute Gasteiger partial charge is 0.335 e. The van der Waals surface area contributed by atoms with Gasteiger partial charge in [0.25, 0.3) is 0 Å². The van der Waals surface area contributed by atoms with Crippen LogP contribution in [0.1, 0.15) is 5.56 Å². The number of benzene rings is 1. The summed E-state index contributed by atoms with van der Waals surface area (Å²) < 4.78 is 4.95. The second kappa shape index (κ2) is 4.10. The molecule has 2 heterocycles. The Morgan fingerprint density at radius 1 is 1.28 bits per heavy atom. The van der Waals surface area contributed by atoms with Crippen molar-refractivity contribution in [3.63, 3.8) is 0 Å². The average molecular weight is 240 g/mol. The fourth-order valence-electron chi connectivity index (χ4n) is 1.91. The molecule has 18 heavy (non-hydrogen) atoms. The van der Waals surface area contributed by atoms with Gasteiger partial charge in [0.1, 0.15) is 0 Å². The number of nitrogens with one attached hydrogen (secondary N) is 1. The number of hydrogen-bond donors (Lipinski definition) is 1. The van der Waals surface area contributed by atoms with Crippen LogP contribution in [0, 0.1) is 6.92 Å². The summed E-state index contributed by atoms with van der Waals surface area (Å²) >= 11 is 0. The number of aryl methyl sites for hydroxylation is 1. The zero-order valence-electron chi connectivity index (χ0n) is 10.1. The lowest BCUT2D eigenvalue weighted by atomic mass is 10.1. The molecule has 0 unspecified atom stereocenters. The van der Waals surface area contributed by atoms with E-state index in [-0.39, 0.29) is 0 Å². The fraction of sp³-hybridized carbons (Fsp3) is 0.154. The third-order valence-electron chi connectivity index (χ3n) is 2.83. The van der Waals surface area contributed by atoms with Gasteiger partial charge in [0, 0.05) is 17.1 Å². The van der Waals surface area contributed by atoms with E-state index in [2.05, 4.69) is 20.2 Å². The second-order valence-electron chi connectivity index (χ2n) is 4.04. The van der Waals surface area contributed by atoms with E-state index in [1.807, 2.05) is 31.2 Å². The first-order valence-electron chi connectivity index (χ1n) is 5.60. The number of nitrogens with zero attached hydrogens (tertiary/aromatic N) is 3. The predicted molar refractivity (Wildman–Crippen MR) is 68.4 cm³/mol. The quantitative estimate of drug-likeness (QED) is 0.746. The molecule has 0 saturated heterocycles. The summed E-state index contributed by atoms with van der Waals surface area (Å²) in [5.41, 5.74) is 3.06. The molecule has 2 aromatic heterocycles. The Labute approximate surface area is 104 Å². The number of H-pyrrole nitrogens is 1. The summed E-state index contributed by atoms with van der Waals surface area (Å²) in [5, 5.41) is 7.83. The molecule has 1 N–H and O–H groups in total. The van der Waals surface area contributed by atoms with Gasteiger partial charge in [-0.2, -0.15) is 4.98 Å². The Bertz CT molecular complexity index is 705. The molecule has 0 spiro atoms. The second-order valence-corrected chi connectivity index (χ2v) is 4.04. The molecule has 0 amide bonds. The molecule has 0 aliphatic carbocycles. The highest BCUT2D eigenvalue weighted by Gasteiger charge is 2.07. The first-order chi connectivity index (χ1) is 8.78. The maximum absolute atomic E-state index is 4.95. The topological polar surface area (TPSA) is 63.7 Å². The van der Waals surface area contributed by atoms with Crippen molar-refractivity contribution in [2.24, 2.45) is 0 Å². The normalized spacial score (nSPS) is 10.8. The van der Waals surface area contributed by atoms with Crippen LogP contribution >= 0.6 is 0 Å². The number of rotatable bonds is 2. The Morgan fingerprint density at radius 2 is 2.17 bits per heavy atom. The van der Waals surface area contributed by atoms with Crippen molar-refractivity contribution < 1.29 is 4.74 Å². The van der Waals surface area contributed by atoms with Crippen LogP contribution in [0.5, 0.6) is 6.01 Å². The summed E-state index contributed by atoms with van der Waals surface area (Å²) in [5.74, 6) is 0.655. The molecule has 1 aromatic carbocycles. The molecule has 0 atom stereocenters. The van der Waals surface area contributed by atoms with Crippen molar-refractivity contribution >= 4 is 10.9 Å². The van der Waals surface area contributed by atoms with E-state index < -0.39 is 0 Å². The SMILES string of the molecule is COc1n[nH]c(-c2cnc3c(C)cccc3c2)n1. The van der Waals surface area contributed by atoms with Gasteiger partial charge in [-0.1, -0.05) is 18.2 Å². The van der Waals surface area contributed by atoms with Gasteiger partial charge in [-0.3, -0.25) is 10.1 Å². The zero-order chi connectivity index (χ0) is 12.5. The summed E-state index contributed by atoms with van der Waals surface area (Å²) in [6.45, 7) is 2.05. The third kappa shape index (κ3) is 1.69. The van der Waals surface area contributed by atoms with E-state index >= 15 is 0 Å². The zero-order valence-corrected chi connectivity index (χ0v) is 10.1. The van der Waals surface area contributed by atoms with Crippen molar-refractivity contribution in [3.05, 3.63) is 36.0 Å². The van der Waals surface area contributed by atoms with Crippen LogP contribution < -0.4 is 4.74 Å². The number of fused-ring (bicyclic) bond motifs is 1. The van der Waals surface area contributed by atoms with Gasteiger partial charge in [-0.05, 0) is 18.6 Å². The number of hydrogen-bond acceptors (Lipinski definition) is 4. The van der Waals surface area contributed by atoms with Crippen LogP contribution in [0.3, 0.4) is 0 Å². The van der Waals surface area contributed by atoms with Gasteiger partial charge < -0.3 is 4.74 Å². The lowest BCUT2D eigenvalue weighted by molar-refractivity contribution is 0.382. The molecule has 3 rings (SSSR count). The Kier molecular flexibility index (Phi) is 2.44. The van der Waals surface area contributed by atoms with E-state index in [4.69, 9.17) is 4.74 Å². The number of para-hydroxylation sites is 1. The van der Waals surface area contributed by atoms with E-state index in [9.17, 15) is 0 Å². The highest BCUT2D eigenvalue weighted by Crippen LogP contribution is 2.22. The van der Waals surface area contributed by atoms with E-state index in [0.717, 1.165) is 22.0 Å². The highest BCUT2D eigenvalue weighted by molar-refractivity contribution is 5.84. The third-order valence-corrected chi connectivity index (χ3v) is 2.83. The number of methoxy groups -OCH3 is 1. The fourth-order valence-corrected chi connectivity index (χ4v) is 1.91. The van der Waals surface area contributed by atoms with Crippen molar-refractivity contribution in [1.82, 2.24) is 20.2 Å². The van der Waals surface area contributed by atoms with Gasteiger partial charge in [-0.25, -0.2) is 0 Å². The van der Waals surface area contributed by atoms with Gasteiger partial charge in [0.2, 0.25) is 0 Å². The maximum Gasteiger partial charge on any atom is 0.335 e. The van der Waals surface area contributed by atoms with Crippen LogP contribution in [0.25, 0.3) is 22.3 Å². The van der Waals surface area contributed by atoms with Crippen molar-refractivity contribution in [3.8, 4) is 17.4 Å². The lowest BCUT2D eigenvalue weighted by Crippen LogP contribution is -1.87. The molecule has 5 heteroatoms. The van der Waals surface area contributed by atoms with E-state index in [0.29, 0.717) is 11.8 Å². The van der Waals surface area contributed by atoms with Gasteiger partial charge >= 0.3 is 6.01 Å². The summed E-state index contributed by atoms with van der Waals surface area (Å²) in [7, 11) is 1.54. The minimum absolute atomic E-state index is 0.328. The van der Waals surface area contributed by atoms with Crippen LogP contribution in [0.2, 0.25) is 0 Å². The predicted octanol–water partition coefficient (Wildman–Crippen LogP) is 2.34. The molecule has 90 valence electrons. The molecular weight excluding hydrogens is 228 g/mol. The minimum atomic E-state index is 0.328. The number of aromatic amines is 1. The van der Waals surface area contributed by atoms with Gasteiger partial charge in [-0.15, -0.1) is 5.10 Å². The molecular formula is C13H12N4O. The van der Waals surface area contributed by atoms with E-state index in [1.54, 1.807) is 6.20 Å². The highest BCUT2D eigenvalue weighted by atomic mass is 16.5. The molecule has 5 nitrogen and oxygen atoms in total. The van der Waals surface area contributed by atoms with Crippen molar-refractivity contribution in [2.45, 2.75) is 6.92 Å². The average Bonchev–Trinajstić information content (AvgIpc) is 2.87. The molecule has 0 saturated carbocycles. The molecule has 0 radical (unpaired) electrons. The van der Waals surface area contributed by atoms with Crippen molar-refractivity contribution in [2.75, 3.05) is 7.11 Å². The lowest BCUT2D eigenvalue weighted by Gasteiger charge is -2.02. The van der Waals surface area contributed by atoms with Gasteiger partial charge in [0.05, 0.1) is 12.6 Å². The first kappa shape index (κ1) is 10.7. The molecule has 3 aromatic rings. The van der Waals surface area contributed by atoms with Crippen LogP contribution in [0.4, 0.5) is 0 Å². The van der Waals surface area contributed by atoms with Gasteiger partial charge in [0.15, 0.2) is 5.82 Å². The number of ether oxygens (including phenoxy) is 1. The summed E-state index contributed by atoms with van der Waals surface area (Å²) in [4.78, 5) is 8.66.